The number of aliphatic hydroxyl groups excluding tert-OH is 1. The number of anilines is 1. The highest BCUT2D eigenvalue weighted by Gasteiger charge is 2.47. The highest BCUT2D eigenvalue weighted by atomic mass is 16.6. The third-order valence-electron chi connectivity index (χ3n) is 6.64. The van der Waals surface area contributed by atoms with Crippen molar-refractivity contribution in [1.82, 2.24) is 0 Å². The first-order valence-electron chi connectivity index (χ1n) is 11.7. The SMILES string of the molecule is COc1ccc(C2/C(=C(\O)c3ccc4c(c3)CCO4)C(=O)C(=O)N2c2ccc3c(c2)OCCO3)cc1. The molecular weight excluding hydrogens is 462 g/mol. The molecule has 3 aromatic carbocycles. The van der Waals surface area contributed by atoms with E-state index in [9.17, 15) is 14.7 Å². The highest BCUT2D eigenvalue weighted by molar-refractivity contribution is 6.51. The number of Topliss-reactive ketones (excluding diaryl/α,β-unsaturated/α-hetero) is 1. The molecule has 0 aliphatic carbocycles. The minimum absolute atomic E-state index is 0.0129. The van der Waals surface area contributed by atoms with Crippen LogP contribution in [0.4, 0.5) is 5.69 Å². The van der Waals surface area contributed by atoms with Gasteiger partial charge in [-0.25, -0.2) is 0 Å². The topological polar surface area (TPSA) is 94.5 Å². The molecule has 8 nitrogen and oxygen atoms in total. The molecule has 182 valence electrons. The molecule has 3 aromatic rings. The van der Waals surface area contributed by atoms with Gasteiger partial charge in [-0.05, 0) is 53.6 Å². The summed E-state index contributed by atoms with van der Waals surface area (Å²) < 4.78 is 22.2. The number of amides is 1. The smallest absolute Gasteiger partial charge is 0.300 e. The Hall–Kier alpha value is -4.46. The van der Waals surface area contributed by atoms with Gasteiger partial charge in [-0.3, -0.25) is 14.5 Å². The molecule has 8 heteroatoms. The third-order valence-corrected chi connectivity index (χ3v) is 6.64. The molecule has 0 saturated carbocycles. The third kappa shape index (κ3) is 3.53. The lowest BCUT2D eigenvalue weighted by Gasteiger charge is -2.27. The normalized spacial score (nSPS) is 19.7. The van der Waals surface area contributed by atoms with Gasteiger partial charge in [0.05, 0.1) is 25.3 Å². The molecule has 36 heavy (non-hydrogen) atoms. The van der Waals surface area contributed by atoms with Gasteiger partial charge in [-0.15, -0.1) is 0 Å². The minimum Gasteiger partial charge on any atom is -0.507 e. The Labute approximate surface area is 207 Å². The van der Waals surface area contributed by atoms with Gasteiger partial charge in [0.1, 0.15) is 30.5 Å². The van der Waals surface area contributed by atoms with Crippen LogP contribution in [0.5, 0.6) is 23.0 Å². The number of rotatable bonds is 4. The Morgan fingerprint density at radius 3 is 2.39 bits per heavy atom. The Morgan fingerprint density at radius 1 is 0.889 bits per heavy atom. The van der Waals surface area contributed by atoms with Gasteiger partial charge in [0.25, 0.3) is 11.7 Å². The number of benzene rings is 3. The second-order valence-corrected chi connectivity index (χ2v) is 8.69. The van der Waals surface area contributed by atoms with Gasteiger partial charge in [0, 0.05) is 23.7 Å². The monoisotopic (exact) mass is 485 g/mol. The molecule has 3 heterocycles. The van der Waals surface area contributed by atoms with Crippen LogP contribution in [0.1, 0.15) is 22.7 Å². The number of aliphatic hydroxyl groups is 1. The van der Waals surface area contributed by atoms with Gasteiger partial charge in [0.15, 0.2) is 11.5 Å². The summed E-state index contributed by atoms with van der Waals surface area (Å²) in [5.41, 5.74) is 2.53. The fourth-order valence-corrected chi connectivity index (χ4v) is 4.87. The van der Waals surface area contributed by atoms with E-state index in [0.717, 1.165) is 11.3 Å². The van der Waals surface area contributed by atoms with E-state index in [1.807, 2.05) is 0 Å². The van der Waals surface area contributed by atoms with E-state index in [1.165, 1.54) is 4.90 Å². The van der Waals surface area contributed by atoms with Crippen LogP contribution in [0.15, 0.2) is 66.2 Å². The van der Waals surface area contributed by atoms with Gasteiger partial charge < -0.3 is 24.1 Å². The van der Waals surface area contributed by atoms with Crippen LogP contribution in [0.2, 0.25) is 0 Å². The maximum atomic E-state index is 13.4. The molecular formula is C28H23NO7. The summed E-state index contributed by atoms with van der Waals surface area (Å²) in [7, 11) is 1.56. The quantitative estimate of drug-likeness (QED) is 0.339. The summed E-state index contributed by atoms with van der Waals surface area (Å²) >= 11 is 0. The van der Waals surface area contributed by atoms with Crippen molar-refractivity contribution >= 4 is 23.1 Å². The Kier molecular flexibility index (Phi) is 5.29. The lowest BCUT2D eigenvalue weighted by molar-refractivity contribution is -0.132. The number of ketones is 1. The summed E-state index contributed by atoms with van der Waals surface area (Å²) in [6.45, 7) is 1.40. The maximum absolute atomic E-state index is 13.4. The summed E-state index contributed by atoms with van der Waals surface area (Å²) in [5.74, 6) is 0.724. The molecule has 0 radical (unpaired) electrons. The minimum atomic E-state index is -0.858. The van der Waals surface area contributed by atoms with E-state index < -0.39 is 17.7 Å². The molecule has 0 bridgehead atoms. The zero-order chi connectivity index (χ0) is 24.8. The van der Waals surface area contributed by atoms with Crippen LogP contribution in [-0.2, 0) is 16.0 Å². The van der Waals surface area contributed by atoms with Crippen molar-refractivity contribution in [1.29, 1.82) is 0 Å². The molecule has 3 aliphatic heterocycles. The van der Waals surface area contributed by atoms with Crippen LogP contribution in [0.25, 0.3) is 5.76 Å². The summed E-state index contributed by atoms with van der Waals surface area (Å²) in [5, 5.41) is 11.4. The van der Waals surface area contributed by atoms with E-state index in [0.29, 0.717) is 60.3 Å². The number of hydrogen-bond donors (Lipinski definition) is 1. The molecule has 0 spiro atoms. The van der Waals surface area contributed by atoms with Crippen molar-refractivity contribution in [3.05, 3.63) is 82.9 Å². The number of fused-ring (bicyclic) bond motifs is 2. The predicted molar refractivity (Wildman–Crippen MR) is 131 cm³/mol. The molecule has 1 N–H and O–H groups in total. The standard InChI is InChI=1S/C28H23NO7/c1-33-20-6-2-16(3-7-20)25-24(26(30)18-4-8-21-17(14-18)10-11-34-21)27(31)28(32)29(25)19-5-9-22-23(15-19)36-13-12-35-22/h2-9,14-15,25,30H,10-13H2,1H3/b26-24+. The average molecular weight is 485 g/mol. The fraction of sp³-hybridized carbons (Fsp3) is 0.214. The molecule has 3 aliphatic rings. The molecule has 1 atom stereocenters. The molecule has 0 aromatic heterocycles. The van der Waals surface area contributed by atoms with Crippen LogP contribution in [0.3, 0.4) is 0 Å². The van der Waals surface area contributed by atoms with Crippen molar-refractivity contribution in [2.24, 2.45) is 0 Å². The van der Waals surface area contributed by atoms with Crippen LogP contribution in [0, 0.1) is 0 Å². The zero-order valence-electron chi connectivity index (χ0n) is 19.5. The summed E-state index contributed by atoms with van der Waals surface area (Å²) in [6, 6.07) is 16.6. The van der Waals surface area contributed by atoms with Crippen molar-refractivity contribution in [3.8, 4) is 23.0 Å². The van der Waals surface area contributed by atoms with Crippen LogP contribution in [-0.4, -0.2) is 43.7 Å². The van der Waals surface area contributed by atoms with Crippen molar-refractivity contribution < 1.29 is 33.6 Å². The van der Waals surface area contributed by atoms with Gasteiger partial charge in [0.2, 0.25) is 0 Å². The Balaban J connectivity index is 1.51. The van der Waals surface area contributed by atoms with E-state index in [1.54, 1.807) is 67.8 Å². The second-order valence-electron chi connectivity index (χ2n) is 8.69. The molecule has 1 unspecified atom stereocenters. The first-order valence-corrected chi connectivity index (χ1v) is 11.7. The zero-order valence-corrected chi connectivity index (χ0v) is 19.5. The van der Waals surface area contributed by atoms with Crippen molar-refractivity contribution in [2.75, 3.05) is 31.8 Å². The molecule has 1 amide bonds. The van der Waals surface area contributed by atoms with E-state index in [4.69, 9.17) is 18.9 Å². The molecule has 6 rings (SSSR count). The van der Waals surface area contributed by atoms with Gasteiger partial charge in [-0.2, -0.15) is 0 Å². The van der Waals surface area contributed by atoms with Gasteiger partial charge in [-0.1, -0.05) is 12.1 Å². The van der Waals surface area contributed by atoms with Gasteiger partial charge >= 0.3 is 0 Å². The van der Waals surface area contributed by atoms with E-state index in [-0.39, 0.29) is 11.3 Å². The van der Waals surface area contributed by atoms with Crippen molar-refractivity contribution in [3.63, 3.8) is 0 Å². The summed E-state index contributed by atoms with van der Waals surface area (Å²) in [6.07, 6.45) is 0.712. The fourth-order valence-electron chi connectivity index (χ4n) is 4.87. The molecule has 1 fully saturated rings. The second kappa shape index (κ2) is 8.64. The Bertz CT molecular complexity index is 1410. The highest BCUT2D eigenvalue weighted by Crippen LogP contribution is 2.45. The average Bonchev–Trinajstić information content (AvgIpc) is 3.50. The first-order chi connectivity index (χ1) is 17.5. The number of methoxy groups -OCH3 is 1. The first kappa shape index (κ1) is 22.0. The van der Waals surface area contributed by atoms with Crippen molar-refractivity contribution in [2.45, 2.75) is 12.5 Å². The lowest BCUT2D eigenvalue weighted by Crippen LogP contribution is -2.29. The number of carbonyl (C=O) groups is 2. The number of hydrogen-bond acceptors (Lipinski definition) is 7. The predicted octanol–water partition coefficient (Wildman–Crippen LogP) is 4.03. The number of carbonyl (C=O) groups excluding carboxylic acids is 2. The Morgan fingerprint density at radius 2 is 1.61 bits per heavy atom. The summed E-state index contributed by atoms with van der Waals surface area (Å²) in [4.78, 5) is 28.2. The lowest BCUT2D eigenvalue weighted by atomic mass is 9.94. The van der Waals surface area contributed by atoms with Crippen LogP contribution >= 0.6 is 0 Å². The van der Waals surface area contributed by atoms with E-state index in [2.05, 4.69) is 0 Å². The van der Waals surface area contributed by atoms with Crippen LogP contribution < -0.4 is 23.8 Å². The maximum Gasteiger partial charge on any atom is 0.300 e. The largest absolute Gasteiger partial charge is 0.507 e. The molecule has 1 saturated heterocycles. The number of nitrogens with zero attached hydrogens (tertiary/aromatic N) is 1. The van der Waals surface area contributed by atoms with E-state index >= 15 is 0 Å². The number of ether oxygens (including phenoxy) is 4.